The van der Waals surface area contributed by atoms with Gasteiger partial charge in [-0.2, -0.15) is 8.78 Å². The minimum absolute atomic E-state index is 0. The summed E-state index contributed by atoms with van der Waals surface area (Å²) in [6.07, 6.45) is 0. The molecule has 1 fully saturated rings. The Morgan fingerprint density at radius 1 is 1.43 bits per heavy atom. The maximum Gasteiger partial charge on any atom is 0.387 e. The van der Waals surface area contributed by atoms with Crippen LogP contribution in [0.25, 0.3) is 0 Å². The van der Waals surface area contributed by atoms with Gasteiger partial charge in [0.2, 0.25) is 0 Å². The number of hydrogen-bond acceptors (Lipinski definition) is 4. The van der Waals surface area contributed by atoms with Crippen molar-refractivity contribution in [2.45, 2.75) is 38.7 Å². The van der Waals surface area contributed by atoms with Crippen molar-refractivity contribution >= 4 is 51.4 Å². The second-order valence-electron chi connectivity index (χ2n) is 6.80. The highest BCUT2D eigenvalue weighted by Gasteiger charge is 2.40. The Morgan fingerprint density at radius 2 is 2.11 bits per heavy atom. The van der Waals surface area contributed by atoms with Crippen molar-refractivity contribution in [1.82, 2.24) is 10.2 Å². The van der Waals surface area contributed by atoms with E-state index < -0.39 is 21.2 Å². The van der Waals surface area contributed by atoms with Crippen LogP contribution in [0.1, 0.15) is 26.3 Å². The molecule has 1 aliphatic heterocycles. The van der Waals surface area contributed by atoms with Crippen molar-refractivity contribution in [2.24, 2.45) is 4.99 Å². The van der Waals surface area contributed by atoms with Crippen LogP contribution in [0.3, 0.4) is 0 Å². The Labute approximate surface area is 186 Å². The number of halogens is 4. The number of aliphatic imine (C=N–C) groups is 1. The molecular formula is C17H25ClF2IN3O3S. The molecule has 0 bridgehead atoms. The fourth-order valence-electron chi connectivity index (χ4n) is 2.79. The summed E-state index contributed by atoms with van der Waals surface area (Å²) in [6.45, 7) is 3.56. The number of benzene rings is 1. The monoisotopic (exact) mass is 551 g/mol. The molecule has 28 heavy (non-hydrogen) atoms. The Hall–Kier alpha value is -0.880. The largest absolute Gasteiger partial charge is 0.434 e. The molecule has 0 aromatic heterocycles. The normalized spacial score (nSPS) is 18.5. The van der Waals surface area contributed by atoms with Crippen LogP contribution < -0.4 is 10.1 Å². The van der Waals surface area contributed by atoms with Gasteiger partial charge in [0.05, 0.1) is 17.0 Å². The van der Waals surface area contributed by atoms with Gasteiger partial charge in [-0.05, 0) is 39.0 Å². The molecule has 2 rings (SSSR count). The Bertz CT molecular complexity index is 807. The van der Waals surface area contributed by atoms with Crippen LogP contribution in [0.2, 0.25) is 5.02 Å². The minimum atomic E-state index is -3.18. The number of hydrogen-bond donors (Lipinski definition) is 1. The summed E-state index contributed by atoms with van der Waals surface area (Å²) in [5, 5.41) is 3.51. The zero-order valence-electron chi connectivity index (χ0n) is 15.9. The fraction of sp³-hybridized carbons (Fsp3) is 0.588. The first-order valence-electron chi connectivity index (χ1n) is 8.54. The second kappa shape index (κ2) is 10.2. The van der Waals surface area contributed by atoms with Crippen LogP contribution >= 0.6 is 35.6 Å². The molecule has 1 aromatic rings. The zero-order chi connectivity index (χ0) is 20.2. The van der Waals surface area contributed by atoms with Crippen LogP contribution in [0.15, 0.2) is 23.2 Å². The molecule has 1 aromatic carbocycles. The van der Waals surface area contributed by atoms with Gasteiger partial charge >= 0.3 is 6.61 Å². The minimum Gasteiger partial charge on any atom is -0.434 e. The van der Waals surface area contributed by atoms with Crippen LogP contribution in [0.4, 0.5) is 8.78 Å². The smallest absolute Gasteiger partial charge is 0.387 e. The van der Waals surface area contributed by atoms with E-state index in [-0.39, 0.29) is 48.6 Å². The average molecular weight is 552 g/mol. The number of nitrogens with zero attached hydrogens (tertiary/aromatic N) is 2. The number of nitrogens with one attached hydrogen (secondary N) is 1. The highest BCUT2D eigenvalue weighted by Crippen LogP contribution is 2.26. The maximum absolute atomic E-state index is 12.6. The predicted octanol–water partition coefficient (Wildman–Crippen LogP) is 3.53. The van der Waals surface area contributed by atoms with Gasteiger partial charge < -0.3 is 15.0 Å². The Kier molecular flexibility index (Phi) is 9.20. The van der Waals surface area contributed by atoms with Gasteiger partial charge in [-0.25, -0.2) is 13.4 Å². The molecule has 6 nitrogen and oxygen atoms in total. The predicted molar refractivity (Wildman–Crippen MR) is 118 cm³/mol. The first-order valence-corrected chi connectivity index (χ1v) is 10.6. The molecule has 0 amide bonds. The topological polar surface area (TPSA) is 71.0 Å². The highest BCUT2D eigenvalue weighted by atomic mass is 127. The summed E-state index contributed by atoms with van der Waals surface area (Å²) >= 11 is 5.96. The van der Waals surface area contributed by atoms with E-state index in [1.807, 2.05) is 11.8 Å². The van der Waals surface area contributed by atoms with Crippen molar-refractivity contribution in [3.63, 3.8) is 0 Å². The number of guanidine groups is 1. The van der Waals surface area contributed by atoms with Crippen LogP contribution in [-0.2, 0) is 16.4 Å². The van der Waals surface area contributed by atoms with E-state index in [0.717, 1.165) is 0 Å². The van der Waals surface area contributed by atoms with E-state index in [0.29, 0.717) is 29.6 Å². The number of alkyl halides is 2. The first kappa shape index (κ1) is 25.2. The molecule has 11 heteroatoms. The van der Waals surface area contributed by atoms with Crippen LogP contribution in [0.5, 0.6) is 5.75 Å². The number of sulfone groups is 1. The van der Waals surface area contributed by atoms with E-state index in [2.05, 4.69) is 15.0 Å². The summed E-state index contributed by atoms with van der Waals surface area (Å²) in [7, 11) is -3.18. The lowest BCUT2D eigenvalue weighted by molar-refractivity contribution is -0.0504. The van der Waals surface area contributed by atoms with Gasteiger partial charge in [0.25, 0.3) is 0 Å². The lowest BCUT2D eigenvalue weighted by Crippen LogP contribution is -2.57. The molecular weight excluding hydrogens is 527 g/mol. The second-order valence-corrected chi connectivity index (χ2v) is 9.98. The maximum atomic E-state index is 12.6. The zero-order valence-corrected chi connectivity index (χ0v) is 19.8. The summed E-state index contributed by atoms with van der Waals surface area (Å²) in [5.41, 5.74) is 0.419. The van der Waals surface area contributed by atoms with E-state index in [9.17, 15) is 17.2 Å². The lowest BCUT2D eigenvalue weighted by Gasteiger charge is -2.39. The third-order valence-corrected chi connectivity index (χ3v) is 7.08. The average Bonchev–Trinajstić information content (AvgIpc) is 2.56. The molecule has 1 N–H and O–H groups in total. The van der Waals surface area contributed by atoms with Gasteiger partial charge in [0, 0.05) is 30.2 Å². The van der Waals surface area contributed by atoms with Crippen LogP contribution in [-0.4, -0.2) is 56.0 Å². The summed E-state index contributed by atoms with van der Waals surface area (Å²) < 4.78 is 53.2. The van der Waals surface area contributed by atoms with Crippen molar-refractivity contribution < 1.29 is 21.9 Å². The highest BCUT2D eigenvalue weighted by molar-refractivity contribution is 14.0. The van der Waals surface area contributed by atoms with E-state index >= 15 is 0 Å². The summed E-state index contributed by atoms with van der Waals surface area (Å²) in [5.74, 6) is 0.556. The fourth-order valence-corrected chi connectivity index (χ4v) is 4.35. The molecule has 1 aliphatic rings. The Morgan fingerprint density at radius 3 is 2.68 bits per heavy atom. The molecule has 0 aliphatic carbocycles. The SMILES string of the molecule is CCNC(=NCc1cc(Cl)ccc1OC(F)F)N1CCS(=O)(=O)C(C)(C)C1.I. The van der Waals surface area contributed by atoms with Gasteiger partial charge in [-0.1, -0.05) is 11.6 Å². The standard InChI is InChI=1S/C17H24ClF2N3O3S.HI/c1-4-21-16(23-7-8-27(24,25)17(2,3)11-23)22-10-12-9-13(18)5-6-14(12)26-15(19)20;/h5-6,9,15H,4,7-8,10-11H2,1-3H3,(H,21,22);1H. The van der Waals surface area contributed by atoms with Gasteiger partial charge in [-0.3, -0.25) is 0 Å². The van der Waals surface area contributed by atoms with E-state index in [1.54, 1.807) is 13.8 Å². The van der Waals surface area contributed by atoms with Crippen molar-refractivity contribution in [1.29, 1.82) is 0 Å². The third kappa shape index (κ3) is 6.31. The molecule has 0 radical (unpaired) electrons. The van der Waals surface area contributed by atoms with Crippen molar-refractivity contribution in [3.05, 3.63) is 28.8 Å². The van der Waals surface area contributed by atoms with E-state index in [4.69, 9.17) is 11.6 Å². The van der Waals surface area contributed by atoms with Gasteiger partial charge in [0.1, 0.15) is 5.75 Å². The molecule has 160 valence electrons. The van der Waals surface area contributed by atoms with Crippen LogP contribution in [0, 0.1) is 0 Å². The summed E-state index contributed by atoms with van der Waals surface area (Å²) in [6, 6.07) is 4.37. The molecule has 1 heterocycles. The van der Waals surface area contributed by atoms with Crippen molar-refractivity contribution in [2.75, 3.05) is 25.4 Å². The molecule has 1 saturated heterocycles. The quantitative estimate of drug-likeness (QED) is 0.344. The Balaban J connectivity index is 0.00000392. The van der Waals surface area contributed by atoms with E-state index in [1.165, 1.54) is 18.2 Å². The molecule has 0 unspecified atom stereocenters. The number of rotatable bonds is 5. The molecule has 0 spiro atoms. The molecule has 0 atom stereocenters. The van der Waals surface area contributed by atoms with Gasteiger partial charge in [-0.15, -0.1) is 24.0 Å². The first-order chi connectivity index (χ1) is 12.6. The summed E-state index contributed by atoms with van der Waals surface area (Å²) in [4.78, 5) is 6.35. The molecule has 0 saturated carbocycles. The van der Waals surface area contributed by atoms with Crippen molar-refractivity contribution in [3.8, 4) is 5.75 Å². The lowest BCUT2D eigenvalue weighted by atomic mass is 10.2. The number of ether oxygens (including phenoxy) is 1. The van der Waals surface area contributed by atoms with Gasteiger partial charge in [0.15, 0.2) is 15.8 Å². The third-order valence-electron chi connectivity index (χ3n) is 4.32.